The molecule has 0 aromatic heterocycles. The number of halogens is 2. The summed E-state index contributed by atoms with van der Waals surface area (Å²) in [5.41, 5.74) is 1.55. The summed E-state index contributed by atoms with van der Waals surface area (Å²) in [6.45, 7) is 6.12. The van der Waals surface area contributed by atoms with Crippen LogP contribution in [-0.2, 0) is 9.53 Å². The van der Waals surface area contributed by atoms with E-state index >= 15 is 0 Å². The predicted molar refractivity (Wildman–Crippen MR) is 106 cm³/mol. The van der Waals surface area contributed by atoms with Crippen molar-refractivity contribution in [2.24, 2.45) is 11.8 Å². The van der Waals surface area contributed by atoms with Crippen molar-refractivity contribution in [3.8, 4) is 0 Å². The van der Waals surface area contributed by atoms with Crippen LogP contribution in [0, 0.1) is 11.8 Å². The average Bonchev–Trinajstić information content (AvgIpc) is 2.59. The molecule has 0 unspecified atom stereocenters. The molecular weight excluding hydrogens is 387 g/mol. The summed E-state index contributed by atoms with van der Waals surface area (Å²) in [6, 6.07) is 4.04. The van der Waals surface area contributed by atoms with Crippen LogP contribution >= 0.6 is 23.2 Å². The van der Waals surface area contributed by atoms with E-state index in [-0.39, 0.29) is 12.1 Å². The summed E-state index contributed by atoms with van der Waals surface area (Å²) >= 11 is 12.1. The SMILES string of the molecule is CC1=C(C(=O)O[C@H]2CC[C@H](C)[C@@H](C)C2)[C@@H](c2ccc(Cl)c(Cl)c2)NC(=O)N1. The minimum Gasteiger partial charge on any atom is -0.459 e. The van der Waals surface area contributed by atoms with E-state index in [4.69, 9.17) is 27.9 Å². The van der Waals surface area contributed by atoms with E-state index in [0.29, 0.717) is 38.7 Å². The van der Waals surface area contributed by atoms with Crippen molar-refractivity contribution in [1.82, 2.24) is 10.6 Å². The van der Waals surface area contributed by atoms with Crippen LogP contribution in [0.3, 0.4) is 0 Å². The topological polar surface area (TPSA) is 67.4 Å². The standard InChI is InChI=1S/C20H24Cl2N2O3/c1-10-4-6-14(8-11(10)2)27-19(25)17-12(3)23-20(26)24-18(17)13-5-7-15(21)16(22)9-13/h5,7,9-11,14,18H,4,6,8H2,1-3H3,(H2,23,24,26)/t10-,11-,14-,18+/m0/s1. The van der Waals surface area contributed by atoms with E-state index in [2.05, 4.69) is 24.5 Å². The van der Waals surface area contributed by atoms with Gasteiger partial charge in [0.25, 0.3) is 0 Å². The summed E-state index contributed by atoms with van der Waals surface area (Å²) < 4.78 is 5.81. The maximum Gasteiger partial charge on any atom is 0.338 e. The number of urea groups is 1. The number of benzene rings is 1. The Labute approximate surface area is 169 Å². The Bertz CT molecular complexity index is 793. The molecule has 5 nitrogen and oxygen atoms in total. The third-order valence-corrected chi connectivity index (χ3v) is 6.33. The highest BCUT2D eigenvalue weighted by Gasteiger charge is 2.35. The lowest BCUT2D eigenvalue weighted by Crippen LogP contribution is -2.45. The minimum absolute atomic E-state index is 0.101. The second kappa shape index (κ2) is 8.11. The molecule has 27 heavy (non-hydrogen) atoms. The van der Waals surface area contributed by atoms with Crippen molar-refractivity contribution >= 4 is 35.2 Å². The Hall–Kier alpha value is -1.72. The van der Waals surface area contributed by atoms with Gasteiger partial charge in [-0.15, -0.1) is 0 Å². The molecule has 146 valence electrons. The van der Waals surface area contributed by atoms with Crippen molar-refractivity contribution in [1.29, 1.82) is 0 Å². The molecule has 1 saturated carbocycles. The number of ether oxygens (including phenoxy) is 1. The van der Waals surface area contributed by atoms with Gasteiger partial charge >= 0.3 is 12.0 Å². The van der Waals surface area contributed by atoms with Gasteiger partial charge in [0.2, 0.25) is 0 Å². The first-order valence-corrected chi connectivity index (χ1v) is 9.96. The van der Waals surface area contributed by atoms with Crippen LogP contribution in [0.1, 0.15) is 51.6 Å². The van der Waals surface area contributed by atoms with Gasteiger partial charge in [0.05, 0.1) is 21.7 Å². The third kappa shape index (κ3) is 4.41. The highest BCUT2D eigenvalue weighted by atomic mass is 35.5. The minimum atomic E-state index is -0.638. The first-order chi connectivity index (χ1) is 12.8. The van der Waals surface area contributed by atoms with Crippen molar-refractivity contribution in [3.63, 3.8) is 0 Å². The number of esters is 1. The molecule has 0 bridgehead atoms. The number of nitrogens with one attached hydrogen (secondary N) is 2. The molecule has 1 heterocycles. The van der Waals surface area contributed by atoms with E-state index in [1.165, 1.54) is 0 Å². The summed E-state index contributed by atoms with van der Waals surface area (Å²) in [4.78, 5) is 25.0. The van der Waals surface area contributed by atoms with Gasteiger partial charge in [-0.3, -0.25) is 0 Å². The second-order valence-corrected chi connectivity index (χ2v) is 8.35. The molecule has 4 atom stereocenters. The zero-order valence-electron chi connectivity index (χ0n) is 15.6. The maximum absolute atomic E-state index is 13.0. The van der Waals surface area contributed by atoms with Gasteiger partial charge in [-0.25, -0.2) is 9.59 Å². The summed E-state index contributed by atoms with van der Waals surface area (Å²) in [6.07, 6.45) is 2.66. The molecule has 0 radical (unpaired) electrons. The Morgan fingerprint density at radius 1 is 1.15 bits per heavy atom. The van der Waals surface area contributed by atoms with Crippen molar-refractivity contribution in [2.45, 2.75) is 52.2 Å². The molecule has 2 aliphatic rings. The molecular formula is C20H24Cl2N2O3. The Balaban J connectivity index is 1.85. The van der Waals surface area contributed by atoms with Gasteiger partial charge in [0.1, 0.15) is 6.10 Å². The fourth-order valence-electron chi connectivity index (χ4n) is 3.73. The molecule has 1 aromatic rings. The first-order valence-electron chi connectivity index (χ1n) is 9.20. The van der Waals surface area contributed by atoms with Crippen LogP contribution in [0.15, 0.2) is 29.5 Å². The van der Waals surface area contributed by atoms with E-state index < -0.39 is 12.0 Å². The molecule has 2 N–H and O–H groups in total. The van der Waals surface area contributed by atoms with Gasteiger partial charge in [-0.2, -0.15) is 0 Å². The molecule has 1 aliphatic heterocycles. The van der Waals surface area contributed by atoms with Gasteiger partial charge in [0, 0.05) is 5.70 Å². The lowest BCUT2D eigenvalue weighted by atomic mass is 9.80. The van der Waals surface area contributed by atoms with E-state index in [0.717, 1.165) is 19.3 Å². The molecule has 1 aliphatic carbocycles. The lowest BCUT2D eigenvalue weighted by Gasteiger charge is -2.33. The summed E-state index contributed by atoms with van der Waals surface area (Å²) in [5.74, 6) is 0.741. The first kappa shape index (κ1) is 20.0. The lowest BCUT2D eigenvalue weighted by molar-refractivity contribution is -0.147. The Kier molecular flexibility index (Phi) is 6.02. The maximum atomic E-state index is 13.0. The number of hydrogen-bond donors (Lipinski definition) is 2. The highest BCUT2D eigenvalue weighted by molar-refractivity contribution is 6.42. The highest BCUT2D eigenvalue weighted by Crippen LogP contribution is 2.34. The number of amides is 2. The quantitative estimate of drug-likeness (QED) is 0.689. The Morgan fingerprint density at radius 3 is 2.56 bits per heavy atom. The number of hydrogen-bond acceptors (Lipinski definition) is 3. The smallest absolute Gasteiger partial charge is 0.338 e. The average molecular weight is 411 g/mol. The van der Waals surface area contributed by atoms with Crippen LogP contribution in [0.4, 0.5) is 4.79 Å². The monoisotopic (exact) mass is 410 g/mol. The molecule has 0 spiro atoms. The van der Waals surface area contributed by atoms with Crippen molar-refractivity contribution in [3.05, 3.63) is 45.1 Å². The predicted octanol–water partition coefficient (Wildman–Crippen LogP) is 4.99. The third-order valence-electron chi connectivity index (χ3n) is 5.59. The van der Waals surface area contributed by atoms with Gasteiger partial charge in [0.15, 0.2) is 0 Å². The zero-order chi connectivity index (χ0) is 19.7. The second-order valence-electron chi connectivity index (χ2n) is 7.54. The molecule has 0 saturated heterocycles. The van der Waals surface area contributed by atoms with Gasteiger partial charge in [-0.05, 0) is 55.7 Å². The molecule has 3 rings (SSSR count). The number of allylic oxidation sites excluding steroid dienone is 1. The number of carbonyl (C=O) groups is 2. The van der Waals surface area contributed by atoms with Crippen molar-refractivity contribution in [2.75, 3.05) is 0 Å². The molecule has 1 fully saturated rings. The van der Waals surface area contributed by atoms with Gasteiger partial charge in [-0.1, -0.05) is 43.1 Å². The summed E-state index contributed by atoms with van der Waals surface area (Å²) in [5, 5.41) is 6.22. The van der Waals surface area contributed by atoms with Crippen molar-refractivity contribution < 1.29 is 14.3 Å². The fourth-order valence-corrected chi connectivity index (χ4v) is 4.03. The normalized spacial score (nSPS) is 28.4. The zero-order valence-corrected chi connectivity index (χ0v) is 17.2. The number of rotatable bonds is 3. The van der Waals surface area contributed by atoms with E-state index in [1.54, 1.807) is 25.1 Å². The molecule has 2 amide bonds. The molecule has 7 heteroatoms. The summed E-state index contributed by atoms with van der Waals surface area (Å²) in [7, 11) is 0. The van der Waals surface area contributed by atoms with Crippen LogP contribution in [0.5, 0.6) is 0 Å². The van der Waals surface area contributed by atoms with E-state index in [9.17, 15) is 9.59 Å². The van der Waals surface area contributed by atoms with Crippen LogP contribution < -0.4 is 10.6 Å². The number of carbonyl (C=O) groups excluding carboxylic acids is 2. The largest absolute Gasteiger partial charge is 0.459 e. The van der Waals surface area contributed by atoms with Gasteiger partial charge < -0.3 is 15.4 Å². The fraction of sp³-hybridized carbons (Fsp3) is 0.500. The van der Waals surface area contributed by atoms with E-state index in [1.807, 2.05) is 0 Å². The molecule has 1 aromatic carbocycles. The van der Waals surface area contributed by atoms with Crippen LogP contribution in [0.25, 0.3) is 0 Å². The van der Waals surface area contributed by atoms with Crippen LogP contribution in [-0.4, -0.2) is 18.1 Å². The Morgan fingerprint density at radius 2 is 1.89 bits per heavy atom. The van der Waals surface area contributed by atoms with Crippen LogP contribution in [0.2, 0.25) is 10.0 Å².